The van der Waals surface area contributed by atoms with Crippen LogP contribution in [0.3, 0.4) is 0 Å². The molecule has 0 atom stereocenters. The zero-order valence-electron chi connectivity index (χ0n) is 8.10. The molecule has 0 unspecified atom stereocenters. The summed E-state index contributed by atoms with van der Waals surface area (Å²) >= 11 is 5.43. The Morgan fingerprint density at radius 1 is 1.53 bits per heavy atom. The molecule has 0 aliphatic heterocycles. The van der Waals surface area contributed by atoms with Crippen LogP contribution >= 0.6 is 11.6 Å². The minimum absolute atomic E-state index is 0.121. The SMILES string of the molecule is COc1ccc(OCCCl)cc1[N+](=O)[O-]. The molecule has 82 valence electrons. The molecule has 0 fully saturated rings. The molecule has 0 saturated heterocycles. The lowest BCUT2D eigenvalue weighted by molar-refractivity contribution is -0.385. The number of rotatable bonds is 5. The van der Waals surface area contributed by atoms with Gasteiger partial charge in [-0.05, 0) is 12.1 Å². The molecule has 0 aromatic heterocycles. The van der Waals surface area contributed by atoms with Gasteiger partial charge in [0.15, 0.2) is 5.75 Å². The van der Waals surface area contributed by atoms with Crippen LogP contribution in [0.15, 0.2) is 18.2 Å². The highest BCUT2D eigenvalue weighted by atomic mass is 35.5. The average Bonchev–Trinajstić information content (AvgIpc) is 2.25. The van der Waals surface area contributed by atoms with Crippen LogP contribution in [0.2, 0.25) is 0 Å². The monoisotopic (exact) mass is 231 g/mol. The first-order valence-electron chi connectivity index (χ1n) is 4.20. The molecule has 5 nitrogen and oxygen atoms in total. The largest absolute Gasteiger partial charge is 0.492 e. The van der Waals surface area contributed by atoms with Gasteiger partial charge >= 0.3 is 5.69 Å². The molecule has 6 heteroatoms. The Morgan fingerprint density at radius 2 is 2.27 bits per heavy atom. The summed E-state index contributed by atoms with van der Waals surface area (Å²) in [5.41, 5.74) is -0.121. The second-order valence-electron chi connectivity index (χ2n) is 2.63. The number of halogens is 1. The van der Waals surface area contributed by atoms with Crippen LogP contribution in [0.1, 0.15) is 0 Å². The van der Waals surface area contributed by atoms with E-state index in [9.17, 15) is 10.1 Å². The maximum absolute atomic E-state index is 10.7. The number of hydrogen-bond donors (Lipinski definition) is 0. The first-order chi connectivity index (χ1) is 7.19. The van der Waals surface area contributed by atoms with Crippen molar-refractivity contribution in [2.24, 2.45) is 0 Å². The quantitative estimate of drug-likeness (QED) is 0.443. The van der Waals surface area contributed by atoms with Crippen molar-refractivity contribution in [3.05, 3.63) is 28.3 Å². The van der Waals surface area contributed by atoms with Gasteiger partial charge < -0.3 is 9.47 Å². The Morgan fingerprint density at radius 3 is 2.80 bits per heavy atom. The van der Waals surface area contributed by atoms with Gasteiger partial charge in [0.2, 0.25) is 0 Å². The first kappa shape index (κ1) is 11.6. The highest BCUT2D eigenvalue weighted by molar-refractivity contribution is 6.18. The van der Waals surface area contributed by atoms with Crippen molar-refractivity contribution in [3.63, 3.8) is 0 Å². The number of nitro groups is 1. The molecule has 0 radical (unpaired) electrons. The fourth-order valence-electron chi connectivity index (χ4n) is 1.06. The molecule has 15 heavy (non-hydrogen) atoms. The van der Waals surface area contributed by atoms with Gasteiger partial charge in [0.05, 0.1) is 24.0 Å². The molecule has 0 saturated carbocycles. The van der Waals surface area contributed by atoms with E-state index in [-0.39, 0.29) is 11.4 Å². The molecule has 1 aromatic rings. The van der Waals surface area contributed by atoms with Gasteiger partial charge in [0, 0.05) is 0 Å². The summed E-state index contributed by atoms with van der Waals surface area (Å²) in [6.07, 6.45) is 0. The van der Waals surface area contributed by atoms with Crippen LogP contribution in [0.5, 0.6) is 11.5 Å². The molecule has 0 N–H and O–H groups in total. The van der Waals surface area contributed by atoms with E-state index in [1.54, 1.807) is 6.07 Å². The summed E-state index contributed by atoms with van der Waals surface area (Å²) in [7, 11) is 1.38. The molecule has 0 amide bonds. The summed E-state index contributed by atoms with van der Waals surface area (Å²) < 4.78 is 10.00. The minimum Gasteiger partial charge on any atom is -0.492 e. The third-order valence-electron chi connectivity index (χ3n) is 1.69. The number of hydrogen-bond acceptors (Lipinski definition) is 4. The summed E-state index contributed by atoms with van der Waals surface area (Å²) in [4.78, 5) is 10.1. The van der Waals surface area contributed by atoms with Gasteiger partial charge in [-0.2, -0.15) is 0 Å². The van der Waals surface area contributed by atoms with Crippen molar-refractivity contribution in [2.75, 3.05) is 19.6 Å². The fourth-order valence-corrected chi connectivity index (χ4v) is 1.14. The molecule has 0 spiro atoms. The molecular formula is C9H10ClNO4. The van der Waals surface area contributed by atoms with Gasteiger partial charge in [0.25, 0.3) is 0 Å². The van der Waals surface area contributed by atoms with Crippen molar-refractivity contribution in [1.82, 2.24) is 0 Å². The summed E-state index contributed by atoms with van der Waals surface area (Å²) in [6, 6.07) is 4.39. The van der Waals surface area contributed by atoms with Crippen molar-refractivity contribution in [2.45, 2.75) is 0 Å². The van der Waals surface area contributed by atoms with E-state index in [1.165, 1.54) is 19.2 Å². The Bertz CT molecular complexity index is 356. The lowest BCUT2D eigenvalue weighted by Crippen LogP contribution is -1.99. The molecule has 0 heterocycles. The summed E-state index contributed by atoms with van der Waals surface area (Å²) in [6.45, 7) is 0.311. The molecular weight excluding hydrogens is 222 g/mol. The first-order valence-corrected chi connectivity index (χ1v) is 4.73. The third kappa shape index (κ3) is 2.99. The summed E-state index contributed by atoms with van der Waals surface area (Å²) in [5, 5.41) is 10.7. The van der Waals surface area contributed by atoms with Crippen LogP contribution in [-0.2, 0) is 0 Å². The van der Waals surface area contributed by atoms with Crippen molar-refractivity contribution in [1.29, 1.82) is 0 Å². The Kier molecular flexibility index (Phi) is 4.17. The predicted octanol–water partition coefficient (Wildman–Crippen LogP) is 2.22. The molecule has 0 bridgehead atoms. The molecule has 0 aliphatic rings. The maximum atomic E-state index is 10.7. The van der Waals surface area contributed by atoms with E-state index in [4.69, 9.17) is 21.1 Å². The van der Waals surface area contributed by atoms with E-state index < -0.39 is 4.92 Å². The normalized spacial score (nSPS) is 9.73. The lowest BCUT2D eigenvalue weighted by Gasteiger charge is -2.05. The summed E-state index contributed by atoms with van der Waals surface area (Å²) in [5.74, 6) is 0.946. The van der Waals surface area contributed by atoms with Crippen molar-refractivity contribution < 1.29 is 14.4 Å². The zero-order chi connectivity index (χ0) is 11.3. The van der Waals surface area contributed by atoms with Gasteiger partial charge in [-0.25, -0.2) is 0 Å². The number of methoxy groups -OCH3 is 1. The Hall–Kier alpha value is -1.49. The Labute approximate surface area is 91.7 Å². The Balaban J connectivity index is 2.94. The molecule has 1 rings (SSSR count). The van der Waals surface area contributed by atoms with Crippen LogP contribution in [0.4, 0.5) is 5.69 Å². The minimum atomic E-state index is -0.521. The topological polar surface area (TPSA) is 61.6 Å². The number of benzene rings is 1. The lowest BCUT2D eigenvalue weighted by atomic mass is 10.3. The van der Waals surface area contributed by atoms with E-state index in [0.29, 0.717) is 18.2 Å². The maximum Gasteiger partial charge on any atom is 0.314 e. The molecule has 1 aromatic carbocycles. The van der Waals surface area contributed by atoms with Crippen LogP contribution < -0.4 is 9.47 Å². The standard InChI is InChI=1S/C9H10ClNO4/c1-14-9-3-2-7(15-5-4-10)6-8(9)11(12)13/h2-3,6H,4-5H2,1H3. The van der Waals surface area contributed by atoms with E-state index >= 15 is 0 Å². The highest BCUT2D eigenvalue weighted by Gasteiger charge is 2.15. The number of alkyl halides is 1. The second kappa shape index (κ2) is 5.41. The highest BCUT2D eigenvalue weighted by Crippen LogP contribution is 2.30. The average molecular weight is 232 g/mol. The molecule has 0 aliphatic carbocycles. The number of nitro benzene ring substituents is 1. The van der Waals surface area contributed by atoms with Crippen LogP contribution in [0, 0.1) is 10.1 Å². The van der Waals surface area contributed by atoms with E-state index in [2.05, 4.69) is 0 Å². The van der Waals surface area contributed by atoms with Gasteiger partial charge in [0.1, 0.15) is 12.4 Å². The zero-order valence-corrected chi connectivity index (χ0v) is 8.86. The van der Waals surface area contributed by atoms with E-state index in [1.807, 2.05) is 0 Å². The second-order valence-corrected chi connectivity index (χ2v) is 3.01. The number of ether oxygens (including phenoxy) is 2. The third-order valence-corrected chi connectivity index (χ3v) is 1.85. The van der Waals surface area contributed by atoms with Crippen LogP contribution in [-0.4, -0.2) is 24.5 Å². The van der Waals surface area contributed by atoms with Crippen molar-refractivity contribution in [3.8, 4) is 11.5 Å². The van der Waals surface area contributed by atoms with Crippen LogP contribution in [0.25, 0.3) is 0 Å². The van der Waals surface area contributed by atoms with E-state index in [0.717, 1.165) is 0 Å². The fraction of sp³-hybridized carbons (Fsp3) is 0.333. The van der Waals surface area contributed by atoms with Crippen molar-refractivity contribution >= 4 is 17.3 Å². The van der Waals surface area contributed by atoms with Gasteiger partial charge in [-0.15, -0.1) is 11.6 Å². The number of nitrogens with zero attached hydrogens (tertiary/aromatic N) is 1. The van der Waals surface area contributed by atoms with Gasteiger partial charge in [-0.1, -0.05) is 0 Å². The van der Waals surface area contributed by atoms with Gasteiger partial charge in [-0.3, -0.25) is 10.1 Å². The predicted molar refractivity (Wildman–Crippen MR) is 55.9 cm³/mol. The smallest absolute Gasteiger partial charge is 0.314 e.